The normalized spacial score (nSPS) is 12.0. The maximum atomic E-state index is 12.8. The van der Waals surface area contributed by atoms with E-state index in [2.05, 4.69) is 29.2 Å². The molecule has 0 bridgehead atoms. The molecule has 0 unspecified atom stereocenters. The molecule has 3 aromatic rings. The zero-order valence-electron chi connectivity index (χ0n) is 13.2. The molecule has 0 atom stereocenters. The molecule has 0 aliphatic heterocycles. The van der Waals surface area contributed by atoms with Crippen molar-refractivity contribution in [2.75, 3.05) is 19.0 Å². The fourth-order valence-corrected chi connectivity index (χ4v) is 3.25. The molecule has 4 rings (SSSR count). The van der Waals surface area contributed by atoms with Crippen LogP contribution in [0, 0.1) is 0 Å². The van der Waals surface area contributed by atoms with Crippen molar-refractivity contribution in [3.05, 3.63) is 77.9 Å². The number of hydrogen-bond acceptors (Lipinski definition) is 2. The van der Waals surface area contributed by atoms with Crippen molar-refractivity contribution < 1.29 is 4.79 Å². The minimum atomic E-state index is 0.128. The Morgan fingerprint density at radius 3 is 1.96 bits per heavy atom. The van der Waals surface area contributed by atoms with Crippen LogP contribution in [-0.2, 0) is 0 Å². The molecule has 1 aliphatic rings. The van der Waals surface area contributed by atoms with Gasteiger partial charge in [-0.1, -0.05) is 54.6 Å². The quantitative estimate of drug-likeness (QED) is 0.538. The molecule has 0 N–H and O–H groups in total. The molecule has 2 heteroatoms. The van der Waals surface area contributed by atoms with Crippen LogP contribution in [0.25, 0.3) is 22.3 Å². The summed E-state index contributed by atoms with van der Waals surface area (Å²) >= 11 is 0. The Hall–Kier alpha value is -2.87. The summed E-state index contributed by atoms with van der Waals surface area (Å²) in [5.74, 6) is 0.128. The van der Waals surface area contributed by atoms with Gasteiger partial charge in [-0.25, -0.2) is 0 Å². The summed E-state index contributed by atoms with van der Waals surface area (Å²) in [5.41, 5.74) is 6.95. The predicted octanol–water partition coefficient (Wildman–Crippen LogP) is 4.63. The Morgan fingerprint density at radius 2 is 1.26 bits per heavy atom. The molecule has 0 radical (unpaired) electrons. The largest absolute Gasteiger partial charge is 0.378 e. The van der Waals surface area contributed by atoms with Crippen molar-refractivity contribution in [2.24, 2.45) is 0 Å². The topological polar surface area (TPSA) is 20.3 Å². The molecule has 0 fully saturated rings. The lowest BCUT2D eigenvalue weighted by atomic mass is 9.95. The number of carbonyl (C=O) groups excluding carboxylic acids is 1. The third-order valence-corrected chi connectivity index (χ3v) is 4.45. The molecule has 2 nitrogen and oxygen atoms in total. The Morgan fingerprint density at radius 1 is 0.652 bits per heavy atom. The zero-order valence-corrected chi connectivity index (χ0v) is 13.2. The van der Waals surface area contributed by atoms with Crippen molar-refractivity contribution >= 4 is 11.5 Å². The maximum absolute atomic E-state index is 12.8. The van der Waals surface area contributed by atoms with Crippen LogP contribution in [0.15, 0.2) is 66.7 Å². The van der Waals surface area contributed by atoms with Crippen molar-refractivity contribution in [2.45, 2.75) is 0 Å². The molecule has 0 amide bonds. The lowest BCUT2D eigenvalue weighted by molar-refractivity contribution is 0.104. The molecule has 23 heavy (non-hydrogen) atoms. The molecule has 1 aliphatic carbocycles. The van der Waals surface area contributed by atoms with Crippen LogP contribution in [0.5, 0.6) is 0 Å². The highest BCUT2D eigenvalue weighted by molar-refractivity contribution is 6.24. The van der Waals surface area contributed by atoms with E-state index in [0.29, 0.717) is 0 Å². The van der Waals surface area contributed by atoms with Crippen LogP contribution in [-0.4, -0.2) is 19.9 Å². The molecule has 0 saturated carbocycles. The number of anilines is 1. The standard InChI is InChI=1S/C21H17NO/c1-22(2)15-12-10-14(11-13-15)16-8-5-9-18-17-6-3-4-7-19(17)21(23)20(16)18/h3-13H,1-2H3. The number of hydrogen-bond donors (Lipinski definition) is 0. The number of fused-ring (bicyclic) bond motifs is 3. The second-order valence-electron chi connectivity index (χ2n) is 6.04. The van der Waals surface area contributed by atoms with E-state index in [1.807, 2.05) is 56.6 Å². The van der Waals surface area contributed by atoms with Crippen molar-refractivity contribution in [1.82, 2.24) is 0 Å². The van der Waals surface area contributed by atoms with Gasteiger partial charge in [0.15, 0.2) is 5.78 Å². The van der Waals surface area contributed by atoms with E-state index in [1.54, 1.807) is 0 Å². The first kappa shape index (κ1) is 13.8. The molecular weight excluding hydrogens is 282 g/mol. The molecular formula is C21H17NO. The highest BCUT2D eigenvalue weighted by Crippen LogP contribution is 2.41. The van der Waals surface area contributed by atoms with E-state index in [1.165, 1.54) is 0 Å². The van der Waals surface area contributed by atoms with Crippen LogP contribution in [0.2, 0.25) is 0 Å². The number of ketones is 1. The van der Waals surface area contributed by atoms with Gasteiger partial charge in [-0.2, -0.15) is 0 Å². The summed E-state index contributed by atoms with van der Waals surface area (Å²) in [4.78, 5) is 14.9. The monoisotopic (exact) mass is 299 g/mol. The van der Waals surface area contributed by atoms with Gasteiger partial charge in [-0.3, -0.25) is 4.79 Å². The van der Waals surface area contributed by atoms with Gasteiger partial charge in [0, 0.05) is 30.9 Å². The van der Waals surface area contributed by atoms with Crippen molar-refractivity contribution in [3.63, 3.8) is 0 Å². The summed E-state index contributed by atoms with van der Waals surface area (Å²) in [7, 11) is 4.05. The first-order chi connectivity index (χ1) is 11.2. The lowest BCUT2D eigenvalue weighted by Crippen LogP contribution is -2.08. The molecule has 0 saturated heterocycles. The number of nitrogens with zero attached hydrogens (tertiary/aromatic N) is 1. The lowest BCUT2D eigenvalue weighted by Gasteiger charge is -2.13. The van der Waals surface area contributed by atoms with Gasteiger partial charge in [-0.15, -0.1) is 0 Å². The van der Waals surface area contributed by atoms with E-state index in [-0.39, 0.29) is 5.78 Å². The third kappa shape index (κ3) is 2.07. The van der Waals surface area contributed by atoms with Crippen LogP contribution in [0.4, 0.5) is 5.69 Å². The molecule has 3 aromatic carbocycles. The number of rotatable bonds is 2. The minimum absolute atomic E-state index is 0.128. The van der Waals surface area contributed by atoms with Crippen LogP contribution in [0.1, 0.15) is 15.9 Å². The van der Waals surface area contributed by atoms with Crippen molar-refractivity contribution in [1.29, 1.82) is 0 Å². The Kier molecular flexibility index (Phi) is 3.05. The average Bonchev–Trinajstić information content (AvgIpc) is 2.88. The first-order valence-electron chi connectivity index (χ1n) is 7.71. The SMILES string of the molecule is CN(C)c1ccc(-c2cccc3c2C(=O)c2ccccc2-3)cc1. The van der Waals surface area contributed by atoms with Gasteiger partial charge < -0.3 is 4.90 Å². The van der Waals surface area contributed by atoms with E-state index in [9.17, 15) is 4.79 Å². The van der Waals surface area contributed by atoms with Gasteiger partial charge in [0.05, 0.1) is 0 Å². The Labute approximate surface area is 136 Å². The van der Waals surface area contributed by atoms with E-state index in [0.717, 1.165) is 39.1 Å². The fraction of sp³-hybridized carbons (Fsp3) is 0.0952. The fourth-order valence-electron chi connectivity index (χ4n) is 3.25. The zero-order chi connectivity index (χ0) is 16.0. The maximum Gasteiger partial charge on any atom is 0.194 e. The summed E-state index contributed by atoms with van der Waals surface area (Å²) < 4.78 is 0. The second kappa shape index (κ2) is 5.10. The van der Waals surface area contributed by atoms with Crippen molar-refractivity contribution in [3.8, 4) is 22.3 Å². The molecule has 0 spiro atoms. The minimum Gasteiger partial charge on any atom is -0.378 e. The van der Waals surface area contributed by atoms with Crippen LogP contribution >= 0.6 is 0 Å². The van der Waals surface area contributed by atoms with E-state index < -0.39 is 0 Å². The number of carbonyl (C=O) groups is 1. The molecule has 0 heterocycles. The molecule has 0 aromatic heterocycles. The van der Waals surface area contributed by atoms with Gasteiger partial charge in [-0.05, 0) is 34.4 Å². The molecule has 112 valence electrons. The Balaban J connectivity index is 1.89. The number of benzene rings is 3. The summed E-state index contributed by atoms with van der Waals surface area (Å²) in [5, 5.41) is 0. The summed E-state index contributed by atoms with van der Waals surface area (Å²) in [6, 6.07) is 22.3. The summed E-state index contributed by atoms with van der Waals surface area (Å²) in [6.07, 6.45) is 0. The second-order valence-corrected chi connectivity index (χ2v) is 6.04. The average molecular weight is 299 g/mol. The van der Waals surface area contributed by atoms with Gasteiger partial charge >= 0.3 is 0 Å². The highest BCUT2D eigenvalue weighted by Gasteiger charge is 2.28. The van der Waals surface area contributed by atoms with Crippen LogP contribution in [0.3, 0.4) is 0 Å². The highest BCUT2D eigenvalue weighted by atomic mass is 16.1. The predicted molar refractivity (Wildman–Crippen MR) is 95.1 cm³/mol. The Bertz CT molecular complexity index is 907. The smallest absolute Gasteiger partial charge is 0.194 e. The van der Waals surface area contributed by atoms with E-state index >= 15 is 0 Å². The van der Waals surface area contributed by atoms with Crippen LogP contribution < -0.4 is 4.90 Å². The first-order valence-corrected chi connectivity index (χ1v) is 7.71. The van der Waals surface area contributed by atoms with Gasteiger partial charge in [0.2, 0.25) is 0 Å². The van der Waals surface area contributed by atoms with Gasteiger partial charge in [0.25, 0.3) is 0 Å². The third-order valence-electron chi connectivity index (χ3n) is 4.45. The summed E-state index contributed by atoms with van der Waals surface area (Å²) in [6.45, 7) is 0. The van der Waals surface area contributed by atoms with E-state index in [4.69, 9.17) is 0 Å². The van der Waals surface area contributed by atoms with Gasteiger partial charge in [0.1, 0.15) is 0 Å².